The predicted molar refractivity (Wildman–Crippen MR) is 113 cm³/mol. The molecule has 2 aromatic rings. The number of alkyl halides is 5. The van der Waals surface area contributed by atoms with Crippen LogP contribution in [0.3, 0.4) is 0 Å². The zero-order valence-corrected chi connectivity index (χ0v) is 18.9. The van der Waals surface area contributed by atoms with E-state index in [1.807, 2.05) is 0 Å². The number of piperazine rings is 1. The van der Waals surface area contributed by atoms with E-state index in [0.717, 1.165) is 18.6 Å². The van der Waals surface area contributed by atoms with Crippen molar-refractivity contribution >= 4 is 11.9 Å². The number of rotatable bonds is 9. The van der Waals surface area contributed by atoms with E-state index in [4.69, 9.17) is 9.47 Å². The van der Waals surface area contributed by atoms with Gasteiger partial charge in [-0.1, -0.05) is 0 Å². The van der Waals surface area contributed by atoms with E-state index in [0.29, 0.717) is 13.1 Å². The van der Waals surface area contributed by atoms with Gasteiger partial charge in [-0.3, -0.25) is 9.59 Å². The standard InChI is InChI=1S/C20H23F5N6O5/c1-11(36-14-8-28-29-17(33)15(14)20(23,24)25)9-35-10-13(32)18(34)30-2-4-31(5-3-30)19-26-6-12(7-27-19)16(21)22/h6-8,11,13,16,32H,2-5,9-10H2,1H3,(H,29,33)/t11-,13?/m0/s1. The summed E-state index contributed by atoms with van der Waals surface area (Å²) in [5, 5.41) is 15.1. The molecule has 1 saturated heterocycles. The van der Waals surface area contributed by atoms with Gasteiger partial charge in [-0.2, -0.15) is 18.3 Å². The van der Waals surface area contributed by atoms with Crippen molar-refractivity contribution in [3.63, 3.8) is 0 Å². The van der Waals surface area contributed by atoms with E-state index in [2.05, 4.69) is 15.1 Å². The third-order valence-corrected chi connectivity index (χ3v) is 5.13. The van der Waals surface area contributed by atoms with Gasteiger partial charge in [0.15, 0.2) is 17.4 Å². The first-order valence-electron chi connectivity index (χ1n) is 10.7. The predicted octanol–water partition coefficient (Wildman–Crippen LogP) is 1.01. The summed E-state index contributed by atoms with van der Waals surface area (Å²) in [7, 11) is 0. The van der Waals surface area contributed by atoms with Crippen molar-refractivity contribution in [2.75, 3.05) is 44.3 Å². The number of carbonyl (C=O) groups excluding carboxylic acids is 1. The Balaban J connectivity index is 1.44. The minimum absolute atomic E-state index is 0.213. The number of hydrogen-bond acceptors (Lipinski definition) is 9. The first-order chi connectivity index (χ1) is 17.0. The fourth-order valence-corrected chi connectivity index (χ4v) is 3.35. The molecule has 11 nitrogen and oxygen atoms in total. The first kappa shape index (κ1) is 27.2. The van der Waals surface area contributed by atoms with Gasteiger partial charge in [0.2, 0.25) is 5.95 Å². The topological polar surface area (TPSA) is 134 Å². The molecule has 3 heterocycles. The highest BCUT2D eigenvalue weighted by Crippen LogP contribution is 2.33. The number of nitrogens with one attached hydrogen (secondary N) is 1. The molecule has 1 fully saturated rings. The van der Waals surface area contributed by atoms with Crippen LogP contribution in [0.1, 0.15) is 24.5 Å². The van der Waals surface area contributed by atoms with Crippen LogP contribution in [0.5, 0.6) is 5.75 Å². The van der Waals surface area contributed by atoms with Crippen LogP contribution >= 0.6 is 0 Å². The number of amides is 1. The molecule has 0 saturated carbocycles. The van der Waals surface area contributed by atoms with Crippen LogP contribution in [-0.2, 0) is 15.7 Å². The van der Waals surface area contributed by atoms with E-state index >= 15 is 0 Å². The Kier molecular flexibility index (Phi) is 8.73. The number of nitrogens with zero attached hydrogens (tertiary/aromatic N) is 5. The molecule has 0 aliphatic carbocycles. The molecule has 1 unspecified atom stereocenters. The Labute approximate surface area is 200 Å². The monoisotopic (exact) mass is 522 g/mol. The van der Waals surface area contributed by atoms with Crippen molar-refractivity contribution in [1.29, 1.82) is 0 Å². The van der Waals surface area contributed by atoms with Crippen LogP contribution < -0.4 is 15.2 Å². The maximum absolute atomic E-state index is 13.1. The smallest absolute Gasteiger partial charge is 0.425 e. The van der Waals surface area contributed by atoms with E-state index < -0.39 is 54.2 Å². The maximum Gasteiger partial charge on any atom is 0.425 e. The molecule has 1 aliphatic rings. The number of anilines is 1. The number of ether oxygens (including phenoxy) is 2. The highest BCUT2D eigenvalue weighted by atomic mass is 19.4. The third-order valence-electron chi connectivity index (χ3n) is 5.13. The minimum atomic E-state index is -4.96. The lowest BCUT2D eigenvalue weighted by molar-refractivity contribution is -0.145. The van der Waals surface area contributed by atoms with E-state index in [1.54, 1.807) is 10.00 Å². The Morgan fingerprint density at radius 1 is 1.14 bits per heavy atom. The summed E-state index contributed by atoms with van der Waals surface area (Å²) in [5.74, 6) is -1.14. The van der Waals surface area contributed by atoms with Crippen LogP contribution in [0.2, 0.25) is 0 Å². The second-order valence-corrected chi connectivity index (χ2v) is 7.85. The number of aromatic amines is 1. The van der Waals surface area contributed by atoms with Gasteiger partial charge in [0.05, 0.1) is 25.0 Å². The molecule has 198 valence electrons. The highest BCUT2D eigenvalue weighted by molar-refractivity contribution is 5.81. The summed E-state index contributed by atoms with van der Waals surface area (Å²) in [5.41, 5.74) is -3.29. The van der Waals surface area contributed by atoms with E-state index in [9.17, 15) is 36.6 Å². The van der Waals surface area contributed by atoms with Crippen LogP contribution in [0.4, 0.5) is 27.9 Å². The van der Waals surface area contributed by atoms with Gasteiger partial charge in [-0.05, 0) is 6.92 Å². The zero-order chi connectivity index (χ0) is 26.5. The molecular weight excluding hydrogens is 499 g/mol. The van der Waals surface area contributed by atoms with E-state index in [1.165, 1.54) is 11.8 Å². The Hall–Kier alpha value is -3.40. The molecule has 3 rings (SSSR count). The van der Waals surface area contributed by atoms with Crippen LogP contribution in [0.25, 0.3) is 0 Å². The maximum atomic E-state index is 13.1. The average molecular weight is 522 g/mol. The lowest BCUT2D eigenvalue weighted by Crippen LogP contribution is -2.52. The number of hydrogen-bond donors (Lipinski definition) is 2. The molecule has 1 aliphatic heterocycles. The van der Waals surface area contributed by atoms with Gasteiger partial charge >= 0.3 is 6.18 Å². The minimum Gasteiger partial charge on any atom is -0.486 e. The van der Waals surface area contributed by atoms with Crippen molar-refractivity contribution in [2.24, 2.45) is 0 Å². The number of aliphatic hydroxyl groups excluding tert-OH is 1. The van der Waals surface area contributed by atoms with Crippen molar-refractivity contribution in [3.05, 3.63) is 40.1 Å². The first-order valence-corrected chi connectivity index (χ1v) is 10.7. The number of halogens is 5. The lowest BCUT2D eigenvalue weighted by Gasteiger charge is -2.35. The number of aliphatic hydroxyl groups is 1. The normalized spacial score (nSPS) is 16.2. The van der Waals surface area contributed by atoms with Crippen LogP contribution in [0.15, 0.2) is 23.4 Å². The fourth-order valence-electron chi connectivity index (χ4n) is 3.35. The van der Waals surface area contributed by atoms with Crippen molar-refractivity contribution in [1.82, 2.24) is 25.1 Å². The second-order valence-electron chi connectivity index (χ2n) is 7.85. The van der Waals surface area contributed by atoms with Gasteiger partial charge in [-0.15, -0.1) is 0 Å². The summed E-state index contributed by atoms with van der Waals surface area (Å²) < 4.78 is 74.8. The summed E-state index contributed by atoms with van der Waals surface area (Å²) in [4.78, 5) is 34.9. The fraction of sp³-hybridized carbons (Fsp3) is 0.550. The van der Waals surface area contributed by atoms with Crippen LogP contribution in [0, 0.1) is 0 Å². The molecule has 0 radical (unpaired) electrons. The molecule has 16 heteroatoms. The molecule has 0 aromatic carbocycles. The Morgan fingerprint density at radius 2 is 1.78 bits per heavy atom. The number of H-pyrrole nitrogens is 1. The third kappa shape index (κ3) is 6.84. The zero-order valence-electron chi connectivity index (χ0n) is 18.9. The van der Waals surface area contributed by atoms with Gasteiger partial charge < -0.3 is 24.4 Å². The molecule has 2 atom stereocenters. The van der Waals surface area contributed by atoms with Gasteiger partial charge in [0.25, 0.3) is 17.9 Å². The summed E-state index contributed by atoms with van der Waals surface area (Å²) >= 11 is 0. The van der Waals surface area contributed by atoms with Crippen molar-refractivity contribution in [3.8, 4) is 5.75 Å². The second kappa shape index (κ2) is 11.6. The lowest BCUT2D eigenvalue weighted by atomic mass is 10.2. The van der Waals surface area contributed by atoms with Gasteiger partial charge in [-0.25, -0.2) is 23.8 Å². The molecule has 2 N–H and O–H groups in total. The molecule has 1 amide bonds. The largest absolute Gasteiger partial charge is 0.486 e. The Bertz CT molecular complexity index is 1080. The van der Waals surface area contributed by atoms with Gasteiger partial charge in [0, 0.05) is 38.6 Å². The molecule has 2 aromatic heterocycles. The highest BCUT2D eigenvalue weighted by Gasteiger charge is 2.38. The summed E-state index contributed by atoms with van der Waals surface area (Å²) in [6.45, 7) is 1.70. The summed E-state index contributed by atoms with van der Waals surface area (Å²) in [6.07, 6.45) is -7.34. The molecule has 0 bridgehead atoms. The molecular formula is C20H23F5N6O5. The number of aromatic nitrogens is 4. The van der Waals surface area contributed by atoms with Crippen molar-refractivity contribution < 1.29 is 41.3 Å². The molecule has 0 spiro atoms. The summed E-state index contributed by atoms with van der Waals surface area (Å²) in [6, 6.07) is 0. The van der Waals surface area contributed by atoms with Gasteiger partial charge in [0.1, 0.15) is 6.10 Å². The van der Waals surface area contributed by atoms with Crippen LogP contribution in [-0.4, -0.2) is 87.7 Å². The molecule has 36 heavy (non-hydrogen) atoms. The van der Waals surface area contributed by atoms with E-state index in [-0.39, 0.29) is 31.2 Å². The quantitative estimate of drug-likeness (QED) is 0.463. The number of carbonyl (C=O) groups is 1. The SMILES string of the molecule is C[C@@H](COCC(O)C(=O)N1CCN(c2ncc(C(F)F)cn2)CC1)Oc1cn[nH]c(=O)c1C(F)(F)F. The Morgan fingerprint density at radius 3 is 2.36 bits per heavy atom. The van der Waals surface area contributed by atoms with Crippen molar-refractivity contribution in [2.45, 2.75) is 31.7 Å². The average Bonchev–Trinajstić information content (AvgIpc) is 2.83.